The molecule has 1 saturated carbocycles. The average molecular weight is 281 g/mol. The maximum atomic E-state index is 12.1. The number of hydrogen-bond acceptors (Lipinski definition) is 2. The van der Waals surface area contributed by atoms with Crippen LogP contribution in [0.25, 0.3) is 0 Å². The zero-order valence-corrected chi connectivity index (χ0v) is 13.0. The van der Waals surface area contributed by atoms with Gasteiger partial charge < -0.3 is 4.90 Å². The van der Waals surface area contributed by atoms with Crippen LogP contribution in [0.2, 0.25) is 0 Å². The fraction of sp³-hybridized carbons (Fsp3) is 0.812. The van der Waals surface area contributed by atoms with Crippen molar-refractivity contribution in [2.75, 3.05) is 6.54 Å². The van der Waals surface area contributed by atoms with Crippen molar-refractivity contribution >= 4 is 17.7 Å². The number of carbonyl (C=O) groups is 1. The van der Waals surface area contributed by atoms with E-state index in [1.54, 1.807) is 0 Å². The van der Waals surface area contributed by atoms with Crippen LogP contribution in [0.15, 0.2) is 12.3 Å². The zero-order valence-electron chi connectivity index (χ0n) is 12.2. The van der Waals surface area contributed by atoms with Gasteiger partial charge in [0.05, 0.1) is 5.25 Å². The molecule has 2 rings (SSSR count). The van der Waals surface area contributed by atoms with E-state index in [4.69, 9.17) is 0 Å². The summed E-state index contributed by atoms with van der Waals surface area (Å²) in [7, 11) is 0. The van der Waals surface area contributed by atoms with Gasteiger partial charge >= 0.3 is 0 Å². The lowest BCUT2D eigenvalue weighted by molar-refractivity contribution is -0.126. The van der Waals surface area contributed by atoms with Gasteiger partial charge in [-0.15, -0.1) is 11.8 Å². The molecule has 19 heavy (non-hydrogen) atoms. The van der Waals surface area contributed by atoms with E-state index in [2.05, 4.69) is 13.5 Å². The van der Waals surface area contributed by atoms with Crippen molar-refractivity contribution in [3.8, 4) is 0 Å². The fourth-order valence-corrected chi connectivity index (χ4v) is 4.64. The Morgan fingerprint density at radius 3 is 2.58 bits per heavy atom. The lowest BCUT2D eigenvalue weighted by Gasteiger charge is -2.22. The van der Waals surface area contributed by atoms with Crippen LogP contribution in [-0.4, -0.2) is 27.9 Å². The number of hydrogen-bond donors (Lipinski definition) is 0. The molecule has 2 nitrogen and oxygen atoms in total. The minimum atomic E-state index is 0.296. The van der Waals surface area contributed by atoms with Crippen LogP contribution in [-0.2, 0) is 4.79 Å². The molecule has 0 bridgehead atoms. The first-order valence-corrected chi connectivity index (χ1v) is 8.81. The van der Waals surface area contributed by atoms with Gasteiger partial charge in [-0.2, -0.15) is 0 Å². The Labute approximate surface area is 122 Å². The highest BCUT2D eigenvalue weighted by Gasteiger charge is 2.34. The van der Waals surface area contributed by atoms with Crippen molar-refractivity contribution in [3.05, 3.63) is 12.3 Å². The first kappa shape index (κ1) is 15.0. The van der Waals surface area contributed by atoms with E-state index in [0.29, 0.717) is 17.6 Å². The molecule has 2 aliphatic rings. The lowest BCUT2D eigenvalue weighted by Crippen LogP contribution is -2.24. The van der Waals surface area contributed by atoms with E-state index in [-0.39, 0.29) is 0 Å². The number of amides is 1. The molecule has 1 aliphatic heterocycles. The molecule has 0 N–H and O–H groups in total. The maximum absolute atomic E-state index is 12.1. The summed E-state index contributed by atoms with van der Waals surface area (Å²) in [6, 6.07) is 0. The summed E-state index contributed by atoms with van der Waals surface area (Å²) in [5, 5.41) is 1.11. The Balaban J connectivity index is 1.87. The standard InChI is InChI=1S/C16H27NOS/c1-3-4-11-17-13(2)15(12-16(17)18)19-14-9-7-5-6-8-10-14/h14-15H,2-12H2,1H3. The van der Waals surface area contributed by atoms with E-state index in [1.165, 1.54) is 38.5 Å². The Hall–Kier alpha value is -0.440. The number of rotatable bonds is 5. The Bertz CT molecular complexity index is 321. The van der Waals surface area contributed by atoms with Crippen molar-refractivity contribution in [2.24, 2.45) is 0 Å². The van der Waals surface area contributed by atoms with Crippen LogP contribution in [0.3, 0.4) is 0 Å². The molecule has 1 atom stereocenters. The van der Waals surface area contributed by atoms with Crippen LogP contribution < -0.4 is 0 Å². The smallest absolute Gasteiger partial charge is 0.228 e. The third-order valence-corrected chi connectivity index (χ3v) is 5.90. The second-order valence-electron chi connectivity index (χ2n) is 5.83. The maximum Gasteiger partial charge on any atom is 0.228 e. The van der Waals surface area contributed by atoms with Crippen LogP contribution in [0.5, 0.6) is 0 Å². The fourth-order valence-electron chi connectivity index (χ4n) is 3.04. The highest BCUT2D eigenvalue weighted by molar-refractivity contribution is 8.00. The molecule has 1 saturated heterocycles. The summed E-state index contributed by atoms with van der Waals surface area (Å²) in [6.45, 7) is 7.23. The molecular weight excluding hydrogens is 254 g/mol. The molecule has 0 aromatic carbocycles. The van der Waals surface area contributed by atoms with E-state index >= 15 is 0 Å². The van der Waals surface area contributed by atoms with Gasteiger partial charge in [0.1, 0.15) is 0 Å². The highest BCUT2D eigenvalue weighted by atomic mass is 32.2. The molecule has 0 radical (unpaired) electrons. The van der Waals surface area contributed by atoms with E-state index in [0.717, 1.165) is 30.3 Å². The number of likely N-dealkylation sites (tertiary alicyclic amines) is 1. The summed E-state index contributed by atoms with van der Waals surface area (Å²) in [5.41, 5.74) is 1.08. The molecule has 1 aliphatic carbocycles. The quantitative estimate of drug-likeness (QED) is 0.698. The lowest BCUT2D eigenvalue weighted by atomic mass is 10.2. The van der Waals surface area contributed by atoms with Gasteiger partial charge in [-0.25, -0.2) is 0 Å². The molecular formula is C16H27NOS. The van der Waals surface area contributed by atoms with E-state index in [9.17, 15) is 4.79 Å². The minimum Gasteiger partial charge on any atom is -0.316 e. The van der Waals surface area contributed by atoms with Crippen LogP contribution in [0.1, 0.15) is 64.7 Å². The van der Waals surface area contributed by atoms with Crippen LogP contribution in [0.4, 0.5) is 0 Å². The monoisotopic (exact) mass is 281 g/mol. The molecule has 3 heteroatoms. The first-order chi connectivity index (χ1) is 9.22. The molecule has 1 amide bonds. The molecule has 1 unspecified atom stereocenters. The van der Waals surface area contributed by atoms with Crippen molar-refractivity contribution in [2.45, 2.75) is 75.2 Å². The predicted molar refractivity (Wildman–Crippen MR) is 83.2 cm³/mol. The van der Waals surface area contributed by atoms with Gasteiger partial charge in [0, 0.05) is 23.9 Å². The third-order valence-electron chi connectivity index (χ3n) is 4.27. The van der Waals surface area contributed by atoms with E-state index < -0.39 is 0 Å². The normalized spacial score (nSPS) is 25.9. The molecule has 2 fully saturated rings. The Morgan fingerprint density at radius 2 is 1.95 bits per heavy atom. The van der Waals surface area contributed by atoms with Crippen molar-refractivity contribution in [1.29, 1.82) is 0 Å². The van der Waals surface area contributed by atoms with Crippen LogP contribution in [0, 0.1) is 0 Å². The number of carbonyl (C=O) groups excluding carboxylic acids is 1. The van der Waals surface area contributed by atoms with Gasteiger partial charge in [-0.3, -0.25) is 4.79 Å². The predicted octanol–water partition coefficient (Wildman–Crippen LogP) is 4.36. The SMILES string of the molecule is C=C1C(SC2CCCCCC2)CC(=O)N1CCCC. The highest BCUT2D eigenvalue weighted by Crippen LogP contribution is 2.38. The topological polar surface area (TPSA) is 20.3 Å². The second-order valence-corrected chi connectivity index (χ2v) is 7.34. The summed E-state index contributed by atoms with van der Waals surface area (Å²) < 4.78 is 0. The first-order valence-electron chi connectivity index (χ1n) is 7.87. The van der Waals surface area contributed by atoms with Gasteiger partial charge in [0.2, 0.25) is 5.91 Å². The van der Waals surface area contributed by atoms with Gasteiger partial charge in [0.15, 0.2) is 0 Å². The van der Waals surface area contributed by atoms with Crippen LogP contribution >= 0.6 is 11.8 Å². The van der Waals surface area contributed by atoms with E-state index in [1.807, 2.05) is 16.7 Å². The number of nitrogens with zero attached hydrogens (tertiary/aromatic N) is 1. The number of unbranched alkanes of at least 4 members (excludes halogenated alkanes) is 1. The summed E-state index contributed by atoms with van der Waals surface area (Å²) in [6.07, 6.45) is 11.1. The Morgan fingerprint density at radius 1 is 1.26 bits per heavy atom. The van der Waals surface area contributed by atoms with Gasteiger partial charge in [-0.1, -0.05) is 45.6 Å². The average Bonchev–Trinajstić information content (AvgIpc) is 2.61. The molecule has 108 valence electrons. The largest absolute Gasteiger partial charge is 0.316 e. The minimum absolute atomic E-state index is 0.296. The third kappa shape index (κ3) is 4.01. The van der Waals surface area contributed by atoms with Crippen molar-refractivity contribution in [3.63, 3.8) is 0 Å². The van der Waals surface area contributed by atoms with Gasteiger partial charge in [0.25, 0.3) is 0 Å². The summed E-state index contributed by atoms with van der Waals surface area (Å²) in [5.74, 6) is 0.296. The Kier molecular flexibility index (Phi) is 5.80. The second kappa shape index (κ2) is 7.37. The molecule has 1 heterocycles. The summed E-state index contributed by atoms with van der Waals surface area (Å²) >= 11 is 2.03. The van der Waals surface area contributed by atoms with Crippen molar-refractivity contribution in [1.82, 2.24) is 4.90 Å². The molecule has 0 aromatic heterocycles. The number of thioether (sulfide) groups is 1. The molecule has 0 aromatic rings. The zero-order chi connectivity index (χ0) is 13.7. The molecule has 0 spiro atoms. The van der Waals surface area contributed by atoms with Crippen molar-refractivity contribution < 1.29 is 4.79 Å². The summed E-state index contributed by atoms with van der Waals surface area (Å²) in [4.78, 5) is 14.0. The van der Waals surface area contributed by atoms with Gasteiger partial charge in [-0.05, 0) is 19.3 Å².